The minimum Gasteiger partial charge on any atom is -0.393 e. The van der Waals surface area contributed by atoms with Crippen LogP contribution >= 0.6 is 0 Å². The van der Waals surface area contributed by atoms with Crippen molar-refractivity contribution in [3.8, 4) is 0 Å². The predicted octanol–water partition coefficient (Wildman–Crippen LogP) is 4.46. The van der Waals surface area contributed by atoms with Crippen LogP contribution < -0.4 is 0 Å². The van der Waals surface area contributed by atoms with E-state index in [0.717, 1.165) is 0 Å². The monoisotopic (exact) mass is 284 g/mol. The average Bonchev–Trinajstić information content (AvgIpc) is 2.68. The molecule has 3 aliphatic carbocycles. The second-order valence-electron chi connectivity index (χ2n) is 8.40. The molecular weight excluding hydrogens is 256 g/mol. The Morgan fingerprint density at radius 3 is 2.86 bits per heavy atom. The van der Waals surface area contributed by atoms with Crippen molar-refractivity contribution in [1.29, 1.82) is 0 Å². The van der Waals surface area contributed by atoms with Gasteiger partial charge in [0.2, 0.25) is 0 Å². The third-order valence-electron chi connectivity index (χ3n) is 6.99. The molecule has 0 heterocycles. The molecule has 21 heavy (non-hydrogen) atoms. The summed E-state index contributed by atoms with van der Waals surface area (Å²) in [7, 11) is 0. The van der Waals surface area contributed by atoms with Gasteiger partial charge in [-0.2, -0.15) is 0 Å². The van der Waals surface area contributed by atoms with Crippen molar-refractivity contribution in [3.05, 3.63) is 34.9 Å². The fraction of sp³-hybridized carbons (Fsp3) is 0.700. The van der Waals surface area contributed by atoms with Gasteiger partial charge >= 0.3 is 0 Å². The first-order valence-corrected chi connectivity index (χ1v) is 8.77. The summed E-state index contributed by atoms with van der Waals surface area (Å²) in [4.78, 5) is 0. The number of benzene rings is 1. The molecule has 0 bridgehead atoms. The molecule has 6 atom stereocenters. The van der Waals surface area contributed by atoms with Gasteiger partial charge in [0.25, 0.3) is 0 Å². The Labute approximate surface area is 128 Å². The molecule has 0 aliphatic heterocycles. The molecule has 1 heteroatoms. The summed E-state index contributed by atoms with van der Waals surface area (Å²) in [6, 6.07) is 7.06. The fourth-order valence-corrected chi connectivity index (χ4v) is 6.15. The van der Waals surface area contributed by atoms with E-state index in [4.69, 9.17) is 0 Å². The van der Waals surface area contributed by atoms with Crippen molar-refractivity contribution in [2.75, 3.05) is 0 Å². The molecule has 1 nitrogen and oxygen atoms in total. The summed E-state index contributed by atoms with van der Waals surface area (Å²) in [5, 5.41) is 10.8. The Morgan fingerprint density at radius 2 is 2.05 bits per heavy atom. The summed E-state index contributed by atoms with van der Waals surface area (Å²) in [6.07, 6.45) is 6.27. The maximum atomic E-state index is 10.8. The summed E-state index contributed by atoms with van der Waals surface area (Å²) in [6.45, 7) is 6.90. The number of aryl methyl sites for hydroxylation is 2. The number of fused-ring (bicyclic) bond motifs is 5. The van der Waals surface area contributed by atoms with Gasteiger partial charge in [-0.05, 0) is 79.2 Å². The van der Waals surface area contributed by atoms with Crippen LogP contribution in [-0.2, 0) is 6.42 Å². The van der Waals surface area contributed by atoms with Gasteiger partial charge in [-0.15, -0.1) is 0 Å². The lowest BCUT2D eigenvalue weighted by Crippen LogP contribution is -2.43. The van der Waals surface area contributed by atoms with E-state index < -0.39 is 0 Å². The highest BCUT2D eigenvalue weighted by Gasteiger charge is 2.56. The topological polar surface area (TPSA) is 20.2 Å². The fourth-order valence-electron chi connectivity index (χ4n) is 6.15. The first-order valence-electron chi connectivity index (χ1n) is 8.77. The second kappa shape index (κ2) is 4.59. The Kier molecular flexibility index (Phi) is 3.02. The van der Waals surface area contributed by atoms with Crippen molar-refractivity contribution < 1.29 is 5.11 Å². The zero-order valence-electron chi connectivity index (χ0n) is 13.6. The first-order chi connectivity index (χ1) is 9.99. The highest BCUT2D eigenvalue weighted by molar-refractivity contribution is 5.37. The van der Waals surface area contributed by atoms with E-state index in [0.29, 0.717) is 29.1 Å². The maximum Gasteiger partial charge on any atom is 0.0602 e. The van der Waals surface area contributed by atoms with E-state index in [-0.39, 0.29) is 6.10 Å². The standard InChI is InChI=1S/C20H28O/c1-12-4-6-15-14(10-12)5-7-17-16(15)8-9-20(3)11-13(2)19(21)18(17)20/h4,6,10,13,16-19,21H,5,7-9,11H2,1-3H3/t13-,16-,17-,18-,19-,20-/m1/s1. The van der Waals surface area contributed by atoms with Gasteiger partial charge in [0.1, 0.15) is 0 Å². The quantitative estimate of drug-likeness (QED) is 0.746. The minimum atomic E-state index is -0.0743. The lowest BCUT2D eigenvalue weighted by Gasteiger charge is -2.50. The largest absolute Gasteiger partial charge is 0.393 e. The van der Waals surface area contributed by atoms with Gasteiger partial charge < -0.3 is 5.11 Å². The van der Waals surface area contributed by atoms with Crippen LogP contribution in [0.1, 0.15) is 62.1 Å². The molecule has 2 fully saturated rings. The van der Waals surface area contributed by atoms with Crippen LogP contribution in [0.4, 0.5) is 0 Å². The summed E-state index contributed by atoms with van der Waals surface area (Å²) in [5.41, 5.74) is 4.97. The molecule has 2 saturated carbocycles. The summed E-state index contributed by atoms with van der Waals surface area (Å²) < 4.78 is 0. The first kappa shape index (κ1) is 13.8. The number of rotatable bonds is 0. The van der Waals surface area contributed by atoms with Crippen molar-refractivity contribution in [3.63, 3.8) is 0 Å². The maximum absolute atomic E-state index is 10.8. The Bertz CT molecular complexity index is 563. The molecule has 0 radical (unpaired) electrons. The molecule has 0 aromatic heterocycles. The van der Waals surface area contributed by atoms with Gasteiger partial charge in [-0.1, -0.05) is 37.6 Å². The molecule has 0 spiro atoms. The number of aliphatic hydroxyl groups excluding tert-OH is 1. The molecule has 1 aromatic carbocycles. The Hall–Kier alpha value is -0.820. The van der Waals surface area contributed by atoms with Gasteiger partial charge in [-0.3, -0.25) is 0 Å². The van der Waals surface area contributed by atoms with Crippen molar-refractivity contribution in [2.45, 2.75) is 64.9 Å². The Balaban J connectivity index is 1.73. The van der Waals surface area contributed by atoms with Crippen LogP contribution in [0.15, 0.2) is 18.2 Å². The lowest BCUT2D eigenvalue weighted by molar-refractivity contribution is -0.0146. The Morgan fingerprint density at radius 1 is 1.24 bits per heavy atom. The van der Waals surface area contributed by atoms with Gasteiger partial charge in [0, 0.05) is 0 Å². The van der Waals surface area contributed by atoms with Crippen LogP contribution in [0.25, 0.3) is 0 Å². The van der Waals surface area contributed by atoms with Crippen LogP contribution in [0.3, 0.4) is 0 Å². The van der Waals surface area contributed by atoms with Crippen molar-refractivity contribution in [2.24, 2.45) is 23.2 Å². The number of aliphatic hydroxyl groups is 1. The third kappa shape index (κ3) is 1.93. The van der Waals surface area contributed by atoms with E-state index in [9.17, 15) is 5.11 Å². The molecule has 4 rings (SSSR count). The molecule has 0 saturated heterocycles. The SMILES string of the molecule is Cc1ccc2c(c1)CC[C@H]1[C@@H]3[C@H](O)[C@H](C)C[C@@]3(C)CC[C@H]21. The van der Waals surface area contributed by atoms with Crippen LogP contribution in [0.2, 0.25) is 0 Å². The van der Waals surface area contributed by atoms with Crippen molar-refractivity contribution >= 4 is 0 Å². The molecule has 1 aromatic rings. The summed E-state index contributed by atoms with van der Waals surface area (Å²) >= 11 is 0. The molecule has 114 valence electrons. The van der Waals surface area contributed by atoms with E-state index in [1.54, 1.807) is 11.1 Å². The van der Waals surface area contributed by atoms with Crippen LogP contribution in [-0.4, -0.2) is 11.2 Å². The highest BCUT2D eigenvalue weighted by atomic mass is 16.3. The minimum absolute atomic E-state index is 0.0743. The molecule has 0 amide bonds. The second-order valence-corrected chi connectivity index (χ2v) is 8.40. The van der Waals surface area contributed by atoms with E-state index in [2.05, 4.69) is 39.0 Å². The predicted molar refractivity (Wildman–Crippen MR) is 86.3 cm³/mol. The van der Waals surface area contributed by atoms with Crippen molar-refractivity contribution in [1.82, 2.24) is 0 Å². The van der Waals surface area contributed by atoms with E-state index in [1.807, 2.05) is 0 Å². The van der Waals surface area contributed by atoms with Crippen LogP contribution in [0.5, 0.6) is 0 Å². The third-order valence-corrected chi connectivity index (χ3v) is 6.99. The summed E-state index contributed by atoms with van der Waals surface area (Å²) in [5.74, 6) is 2.42. The molecule has 3 aliphatic rings. The number of hydrogen-bond acceptors (Lipinski definition) is 1. The molecule has 1 N–H and O–H groups in total. The average molecular weight is 284 g/mol. The van der Waals surface area contributed by atoms with E-state index >= 15 is 0 Å². The number of hydrogen-bond donors (Lipinski definition) is 1. The van der Waals surface area contributed by atoms with Gasteiger partial charge in [0.15, 0.2) is 0 Å². The van der Waals surface area contributed by atoms with Gasteiger partial charge in [-0.25, -0.2) is 0 Å². The smallest absolute Gasteiger partial charge is 0.0602 e. The zero-order valence-corrected chi connectivity index (χ0v) is 13.6. The van der Waals surface area contributed by atoms with E-state index in [1.165, 1.54) is 37.7 Å². The lowest BCUT2D eigenvalue weighted by atomic mass is 9.55. The van der Waals surface area contributed by atoms with Gasteiger partial charge in [0.05, 0.1) is 6.10 Å². The molecular formula is C20H28O. The molecule has 0 unspecified atom stereocenters. The normalized spacial score (nSPS) is 44.9. The van der Waals surface area contributed by atoms with Crippen LogP contribution in [0, 0.1) is 30.1 Å². The highest BCUT2D eigenvalue weighted by Crippen LogP contribution is 2.62. The zero-order chi connectivity index (χ0) is 14.8.